The number of hydrogen-bond acceptors (Lipinski definition) is 4. The first-order valence-electron chi connectivity index (χ1n) is 8.34. The van der Waals surface area contributed by atoms with Gasteiger partial charge < -0.3 is 14.9 Å². The van der Waals surface area contributed by atoms with Gasteiger partial charge in [0.15, 0.2) is 0 Å². The monoisotopic (exact) mass is 336 g/mol. The average molecular weight is 337 g/mol. The maximum Gasteiger partial charge on any atom is 0.253 e. The molecule has 1 amide bonds. The van der Waals surface area contributed by atoms with Crippen LogP contribution in [0.1, 0.15) is 30.6 Å². The summed E-state index contributed by atoms with van der Waals surface area (Å²) >= 11 is 1.60. The molecule has 1 N–H and O–H groups in total. The van der Waals surface area contributed by atoms with E-state index in [0.29, 0.717) is 17.7 Å². The third kappa shape index (κ3) is 5.23. The summed E-state index contributed by atoms with van der Waals surface area (Å²) in [5.74, 6) is 1.35. The normalized spacial score (nSPS) is 18.6. The van der Waals surface area contributed by atoms with Crippen molar-refractivity contribution in [3.63, 3.8) is 0 Å². The van der Waals surface area contributed by atoms with Crippen molar-refractivity contribution in [2.45, 2.75) is 31.2 Å². The first-order valence-corrected chi connectivity index (χ1v) is 9.33. The largest absolute Gasteiger partial charge is 0.396 e. The molecule has 0 aromatic heterocycles. The fraction of sp³-hybridized carbons (Fsp3) is 0.611. The van der Waals surface area contributed by atoms with Gasteiger partial charge >= 0.3 is 0 Å². The third-order valence-corrected chi connectivity index (χ3v) is 5.38. The maximum atomic E-state index is 12.5. The molecule has 1 aliphatic rings. The van der Waals surface area contributed by atoms with Gasteiger partial charge in [-0.3, -0.25) is 4.79 Å². The Hall–Kier alpha value is -1.04. The van der Waals surface area contributed by atoms with Crippen LogP contribution in [0.15, 0.2) is 29.2 Å². The minimum atomic E-state index is 0.0895. The quantitative estimate of drug-likeness (QED) is 0.777. The summed E-state index contributed by atoms with van der Waals surface area (Å²) in [5.41, 5.74) is 0.736. The second kappa shape index (κ2) is 8.71. The first-order chi connectivity index (χ1) is 11.0. The number of aliphatic hydroxyl groups is 1. The van der Waals surface area contributed by atoms with Crippen LogP contribution >= 0.6 is 11.8 Å². The van der Waals surface area contributed by atoms with E-state index in [2.05, 4.69) is 18.7 Å². The molecule has 0 spiro atoms. The molecule has 1 atom stereocenters. The van der Waals surface area contributed by atoms with Crippen LogP contribution in [0.3, 0.4) is 0 Å². The third-order valence-electron chi connectivity index (χ3n) is 4.39. The van der Waals surface area contributed by atoms with Crippen molar-refractivity contribution in [3.8, 4) is 0 Å². The average Bonchev–Trinajstić information content (AvgIpc) is 3.01. The number of amides is 1. The van der Waals surface area contributed by atoms with Crippen LogP contribution in [-0.2, 0) is 0 Å². The van der Waals surface area contributed by atoms with E-state index in [4.69, 9.17) is 5.11 Å². The molecule has 4 nitrogen and oxygen atoms in total. The van der Waals surface area contributed by atoms with Gasteiger partial charge in [-0.1, -0.05) is 0 Å². The lowest BCUT2D eigenvalue weighted by atomic mass is 10.1. The van der Waals surface area contributed by atoms with E-state index >= 15 is 0 Å². The Kier molecular flexibility index (Phi) is 6.93. The summed E-state index contributed by atoms with van der Waals surface area (Å²) in [6.45, 7) is 7.68. The number of aliphatic hydroxyl groups excluding tert-OH is 1. The second-order valence-electron chi connectivity index (χ2n) is 6.53. The number of benzene rings is 1. The molecule has 0 unspecified atom stereocenters. The van der Waals surface area contributed by atoms with Crippen molar-refractivity contribution in [1.82, 2.24) is 9.80 Å². The molecule has 1 aliphatic heterocycles. The number of hydrogen-bond donors (Lipinski definition) is 1. The molecule has 1 fully saturated rings. The predicted octanol–water partition coefficient (Wildman–Crippen LogP) is 2.57. The molecular formula is C18H28N2O2S. The van der Waals surface area contributed by atoms with E-state index in [1.54, 1.807) is 11.8 Å². The molecule has 0 aliphatic carbocycles. The van der Waals surface area contributed by atoms with Crippen LogP contribution in [-0.4, -0.2) is 65.9 Å². The van der Waals surface area contributed by atoms with Gasteiger partial charge in [0.25, 0.3) is 5.91 Å². The zero-order valence-electron chi connectivity index (χ0n) is 14.4. The molecule has 2 rings (SSSR count). The van der Waals surface area contributed by atoms with Crippen molar-refractivity contribution < 1.29 is 9.90 Å². The highest BCUT2D eigenvalue weighted by atomic mass is 32.2. The lowest BCUT2D eigenvalue weighted by Gasteiger charge is -2.23. The number of carbonyl (C=O) groups is 1. The van der Waals surface area contributed by atoms with E-state index in [1.807, 2.05) is 36.2 Å². The van der Waals surface area contributed by atoms with Gasteiger partial charge in [0.05, 0.1) is 6.61 Å². The van der Waals surface area contributed by atoms with Gasteiger partial charge in [-0.25, -0.2) is 0 Å². The molecule has 0 bridgehead atoms. The Balaban J connectivity index is 1.87. The highest BCUT2D eigenvalue weighted by Gasteiger charge is 2.26. The Morgan fingerprint density at radius 3 is 2.65 bits per heavy atom. The second-order valence-corrected chi connectivity index (χ2v) is 7.69. The molecule has 1 aromatic rings. The minimum absolute atomic E-state index is 0.0895. The Labute approximate surface area is 143 Å². The molecular weight excluding hydrogens is 308 g/mol. The smallest absolute Gasteiger partial charge is 0.253 e. The molecule has 5 heteroatoms. The van der Waals surface area contributed by atoms with Gasteiger partial charge in [0.1, 0.15) is 0 Å². The van der Waals surface area contributed by atoms with E-state index in [9.17, 15) is 4.79 Å². The molecule has 23 heavy (non-hydrogen) atoms. The van der Waals surface area contributed by atoms with E-state index < -0.39 is 0 Å². The van der Waals surface area contributed by atoms with Crippen molar-refractivity contribution in [2.24, 2.45) is 5.92 Å². The van der Waals surface area contributed by atoms with Crippen LogP contribution in [0.5, 0.6) is 0 Å². The minimum Gasteiger partial charge on any atom is -0.396 e. The van der Waals surface area contributed by atoms with Gasteiger partial charge in [0.2, 0.25) is 0 Å². The van der Waals surface area contributed by atoms with Gasteiger partial charge in [0, 0.05) is 42.4 Å². The standard InChI is InChI=1S/C18H28N2O2S/c1-14(2)20-9-8-15(13-20)12-19(3)18(22)16-4-6-17(7-5-16)23-11-10-21/h4-7,14-15,21H,8-13H2,1-3H3/t15-/m0/s1. The first kappa shape index (κ1) is 18.3. The van der Waals surface area contributed by atoms with Gasteiger partial charge in [-0.15, -0.1) is 11.8 Å². The maximum absolute atomic E-state index is 12.5. The molecule has 0 saturated carbocycles. The van der Waals surface area contributed by atoms with Crippen molar-refractivity contribution in [1.29, 1.82) is 0 Å². The van der Waals surface area contributed by atoms with Crippen molar-refractivity contribution >= 4 is 17.7 Å². The molecule has 1 heterocycles. The zero-order chi connectivity index (χ0) is 16.8. The molecule has 0 radical (unpaired) electrons. The van der Waals surface area contributed by atoms with E-state index in [1.165, 1.54) is 6.42 Å². The Morgan fingerprint density at radius 1 is 1.39 bits per heavy atom. The fourth-order valence-electron chi connectivity index (χ4n) is 3.03. The van der Waals surface area contributed by atoms with Crippen molar-refractivity contribution in [2.75, 3.05) is 39.0 Å². The number of thioether (sulfide) groups is 1. The summed E-state index contributed by atoms with van der Waals surface area (Å²) in [5, 5.41) is 8.85. The zero-order valence-corrected chi connectivity index (χ0v) is 15.2. The number of nitrogens with zero attached hydrogens (tertiary/aromatic N) is 2. The highest BCUT2D eigenvalue weighted by Crippen LogP contribution is 2.21. The summed E-state index contributed by atoms with van der Waals surface area (Å²) < 4.78 is 0. The Bertz CT molecular complexity index is 504. The predicted molar refractivity (Wildman–Crippen MR) is 96.0 cm³/mol. The van der Waals surface area contributed by atoms with E-state index in [0.717, 1.165) is 30.1 Å². The van der Waals surface area contributed by atoms with Crippen LogP contribution in [0.25, 0.3) is 0 Å². The topological polar surface area (TPSA) is 43.8 Å². The summed E-state index contributed by atoms with van der Waals surface area (Å²) in [7, 11) is 1.90. The lowest BCUT2D eigenvalue weighted by Crippen LogP contribution is -2.34. The molecule has 1 aromatic carbocycles. The fourth-order valence-corrected chi connectivity index (χ4v) is 3.68. The molecule has 1 saturated heterocycles. The molecule has 128 valence electrons. The van der Waals surface area contributed by atoms with Gasteiger partial charge in [-0.05, 0) is 57.0 Å². The van der Waals surface area contributed by atoms with Crippen LogP contribution < -0.4 is 0 Å². The summed E-state index contributed by atoms with van der Waals surface area (Å²) in [6, 6.07) is 8.26. The van der Waals surface area contributed by atoms with Crippen LogP contribution in [0.4, 0.5) is 0 Å². The number of rotatable bonds is 7. The Morgan fingerprint density at radius 2 is 2.09 bits per heavy atom. The lowest BCUT2D eigenvalue weighted by molar-refractivity contribution is 0.0772. The van der Waals surface area contributed by atoms with Crippen LogP contribution in [0.2, 0.25) is 0 Å². The summed E-state index contributed by atoms with van der Waals surface area (Å²) in [6.07, 6.45) is 1.17. The van der Waals surface area contributed by atoms with Crippen molar-refractivity contribution in [3.05, 3.63) is 29.8 Å². The van der Waals surface area contributed by atoms with Gasteiger partial charge in [-0.2, -0.15) is 0 Å². The highest BCUT2D eigenvalue weighted by molar-refractivity contribution is 7.99. The summed E-state index contributed by atoms with van der Waals surface area (Å²) in [4.78, 5) is 18.0. The number of carbonyl (C=O) groups excluding carboxylic acids is 1. The SMILES string of the molecule is CC(C)N1CC[C@@H](CN(C)C(=O)c2ccc(SCCO)cc2)C1. The van der Waals surface area contributed by atoms with E-state index in [-0.39, 0.29) is 12.5 Å². The number of likely N-dealkylation sites (tertiary alicyclic amines) is 1. The van der Waals surface area contributed by atoms with Crippen LogP contribution in [0, 0.1) is 5.92 Å².